The molecule has 0 aliphatic heterocycles. The molecule has 46 heteroatoms. The number of aromatic nitrogens is 24. The Bertz CT molecular complexity index is 3850. The van der Waals surface area contributed by atoms with Gasteiger partial charge in [0.05, 0.1) is 68.3 Å². The molecule has 0 saturated heterocycles. The summed E-state index contributed by atoms with van der Waals surface area (Å²) in [6.45, 7) is 48.8. The number of nitrogens with zero attached hydrogens (tertiary/aromatic N) is 24. The molecule has 0 aliphatic rings. The van der Waals surface area contributed by atoms with Gasteiger partial charge in [0.2, 0.25) is 25.2 Å². The first-order chi connectivity index (χ1) is 49.5. The molecule has 0 N–H and O–H groups in total. The van der Waals surface area contributed by atoms with Crippen LogP contribution in [0.3, 0.4) is 0 Å². The van der Waals surface area contributed by atoms with Gasteiger partial charge in [-0.3, -0.25) is 0 Å². The monoisotopic (exact) mass is 1670 g/mol. The number of halogens is 16. The summed E-state index contributed by atoms with van der Waals surface area (Å²) in [6.07, 6.45) is -0.903. The Labute approximate surface area is 647 Å². The van der Waals surface area contributed by atoms with Crippen LogP contribution in [0.4, 0.5) is 69.1 Å². The van der Waals surface area contributed by atoms with E-state index in [1.165, 1.54) is 0 Å². The van der Waals surface area contributed by atoms with Gasteiger partial charge >= 0.3 is 63.2 Å². The zero-order valence-electron chi connectivity index (χ0n) is 64.9. The van der Waals surface area contributed by atoms with Crippen molar-refractivity contribution in [3.63, 3.8) is 0 Å². The average Bonchev–Trinajstić information content (AvgIpc) is 1.65. The Morgan fingerprint density at radius 1 is 0.164 bits per heavy atom. The molecule has 0 amide bonds. The maximum Gasteiger partial charge on any atom is 2.00 e. The number of hydrogen-bond donors (Lipinski definition) is 0. The predicted octanol–water partition coefficient (Wildman–Crippen LogP) is 15.9. The third kappa shape index (κ3) is 28.2. The van der Waals surface area contributed by atoms with Crippen molar-refractivity contribution in [2.75, 3.05) is 0 Å². The van der Waals surface area contributed by atoms with Gasteiger partial charge in [-0.2, -0.15) is 61.2 Å². The molecular formula is C64H88B4Cu2F16N24. The summed E-state index contributed by atoms with van der Waals surface area (Å²) in [7, 11) is -24.0. The molecule has 12 aromatic heterocycles. The quantitative estimate of drug-likeness (QED) is 0.0825. The Hall–Kier alpha value is -9.30. The Kier molecular flexibility index (Phi) is 33.3. The van der Waals surface area contributed by atoms with Crippen molar-refractivity contribution in [2.24, 2.45) is 0 Å². The van der Waals surface area contributed by atoms with Crippen LogP contribution in [0.2, 0.25) is 0 Å². The van der Waals surface area contributed by atoms with E-state index in [0.717, 1.165) is 137 Å². The van der Waals surface area contributed by atoms with E-state index in [1.54, 1.807) is 0 Å². The largest absolute Gasteiger partial charge is 2.00 e. The first-order valence-electron chi connectivity index (χ1n) is 33.3. The molecule has 0 atom stereocenters. The van der Waals surface area contributed by atoms with Gasteiger partial charge in [-0.1, -0.05) is 0 Å². The second-order valence-corrected chi connectivity index (χ2v) is 25.8. The number of aryl methyl sites for hydroxylation is 24. The van der Waals surface area contributed by atoms with Crippen LogP contribution >= 0.6 is 0 Å². The zero-order valence-corrected chi connectivity index (χ0v) is 66.8. The molecule has 110 heavy (non-hydrogen) atoms. The molecule has 12 heterocycles. The minimum absolute atomic E-state index is 0. The fourth-order valence-electron chi connectivity index (χ4n) is 11.8. The molecule has 0 saturated carbocycles. The van der Waals surface area contributed by atoms with Crippen molar-refractivity contribution in [3.8, 4) is 0 Å². The second kappa shape index (κ2) is 38.6. The fraction of sp³-hybridized carbons (Fsp3) is 0.438. The smallest absolute Gasteiger partial charge is 0.418 e. The number of rotatable bonds is 12. The molecule has 2 radical (unpaired) electrons. The SMILES string of the molecule is Cc1cc(C)n(C(n2nc(C)cc2C)n2nc(C)cc2C)n1.Cc1cc(C)n(C(n2nc(C)cc2C)n2nc(C)cc2C)n1.Cc1cc(C)n(C(n2nc(C)cc2C)n2nc(C)cc2C)n1.Cc1cc(C)n(C(n2nc(C)cc2C)n2nc(C)cc2C)n1.F[B-](F)(F)F.F[B-](F)(F)F.F[B-](F)(F)F.F[B-](F)(F)F.[Cu+2].[Cu+2]. The summed E-state index contributed by atoms with van der Waals surface area (Å²) in [5, 5.41) is 55.9. The van der Waals surface area contributed by atoms with Gasteiger partial charge in [-0.25, -0.2) is 56.2 Å². The Balaban J connectivity index is 0.000000348. The summed E-state index contributed by atoms with van der Waals surface area (Å²) in [5.41, 5.74) is 24.9. The van der Waals surface area contributed by atoms with Crippen molar-refractivity contribution in [3.05, 3.63) is 209 Å². The molecule has 12 aromatic rings. The van der Waals surface area contributed by atoms with E-state index in [1.807, 2.05) is 139 Å². The minimum Gasteiger partial charge on any atom is -0.418 e. The van der Waals surface area contributed by atoms with Crippen LogP contribution in [0.25, 0.3) is 0 Å². The molecule has 0 fully saturated rings. The van der Waals surface area contributed by atoms with E-state index in [-0.39, 0.29) is 59.3 Å². The molecule has 0 aliphatic carbocycles. The summed E-state index contributed by atoms with van der Waals surface area (Å²) < 4.78 is 180. The van der Waals surface area contributed by atoms with Gasteiger partial charge in [0.15, 0.2) is 0 Å². The van der Waals surface area contributed by atoms with Crippen LogP contribution in [-0.4, -0.2) is 146 Å². The van der Waals surface area contributed by atoms with E-state index in [4.69, 9.17) is 0 Å². The maximum absolute atomic E-state index is 9.75. The van der Waals surface area contributed by atoms with Crippen molar-refractivity contribution in [2.45, 2.75) is 191 Å². The summed E-state index contributed by atoms with van der Waals surface area (Å²) in [5.74, 6) is 0. The molecule has 0 spiro atoms. The molecule has 0 aromatic carbocycles. The predicted molar refractivity (Wildman–Crippen MR) is 380 cm³/mol. The van der Waals surface area contributed by atoms with Crippen LogP contribution in [0, 0.1) is 166 Å². The topological polar surface area (TPSA) is 214 Å². The van der Waals surface area contributed by atoms with E-state index >= 15 is 0 Å². The summed E-state index contributed by atoms with van der Waals surface area (Å²) in [4.78, 5) is 0. The van der Waals surface area contributed by atoms with Gasteiger partial charge in [0.25, 0.3) is 0 Å². The molecule has 24 nitrogen and oxygen atoms in total. The average molecular weight is 1670 g/mol. The van der Waals surface area contributed by atoms with Crippen molar-refractivity contribution in [1.29, 1.82) is 0 Å². The van der Waals surface area contributed by atoms with E-state index in [9.17, 15) is 69.1 Å². The zero-order chi connectivity index (χ0) is 82.1. The van der Waals surface area contributed by atoms with Crippen LogP contribution in [-0.2, 0) is 34.1 Å². The first-order valence-corrected chi connectivity index (χ1v) is 33.3. The van der Waals surface area contributed by atoms with Gasteiger partial charge in [-0.05, 0) is 239 Å². The van der Waals surface area contributed by atoms with Gasteiger partial charge in [0, 0.05) is 68.3 Å². The van der Waals surface area contributed by atoms with Crippen LogP contribution in [0.15, 0.2) is 72.8 Å². The molecular weight excluding hydrogens is 1580 g/mol. The van der Waals surface area contributed by atoms with Gasteiger partial charge < -0.3 is 69.1 Å². The van der Waals surface area contributed by atoms with Gasteiger partial charge in [-0.15, -0.1) is 0 Å². The standard InChI is InChI=1S/4C16H22N6.4BF4.2Cu/c4*1-10-7-13(4)20(17-10)16(21-14(5)8-11(2)18-21)22-15(6)9-12(3)19-22;4*2-1(3,4)5;;/h4*7-9,16H,1-6H3;;;;;;/q;;;;4*-1;2*+2. The summed E-state index contributed by atoms with van der Waals surface area (Å²) >= 11 is 0. The van der Waals surface area contributed by atoms with E-state index < -0.39 is 29.0 Å². The first kappa shape index (κ1) is 94.9. The van der Waals surface area contributed by atoms with E-state index in [0.29, 0.717) is 0 Å². The third-order valence-electron chi connectivity index (χ3n) is 15.2. The molecule has 12 rings (SSSR count). The summed E-state index contributed by atoms with van der Waals surface area (Å²) in [6, 6.07) is 24.9. The fourth-order valence-corrected chi connectivity index (χ4v) is 11.8. The van der Waals surface area contributed by atoms with Crippen molar-refractivity contribution < 1.29 is 103 Å². The molecule has 0 unspecified atom stereocenters. The molecule has 610 valence electrons. The van der Waals surface area contributed by atoms with Crippen LogP contribution in [0.1, 0.15) is 162 Å². The van der Waals surface area contributed by atoms with Crippen molar-refractivity contribution in [1.82, 2.24) is 117 Å². The third-order valence-corrected chi connectivity index (χ3v) is 15.2. The normalized spacial score (nSPS) is 11.5. The maximum atomic E-state index is 9.75. The number of hydrogen-bond acceptors (Lipinski definition) is 12. The Morgan fingerprint density at radius 3 is 0.255 bits per heavy atom. The van der Waals surface area contributed by atoms with Crippen molar-refractivity contribution >= 4 is 29.0 Å². The molecule has 0 bridgehead atoms. The Morgan fingerprint density at radius 2 is 0.218 bits per heavy atom. The van der Waals surface area contributed by atoms with E-state index in [2.05, 4.69) is 217 Å². The van der Waals surface area contributed by atoms with Crippen LogP contribution < -0.4 is 0 Å². The van der Waals surface area contributed by atoms with Crippen LogP contribution in [0.5, 0.6) is 0 Å². The van der Waals surface area contributed by atoms with Gasteiger partial charge in [0.1, 0.15) is 0 Å². The minimum atomic E-state index is -6.00. The second-order valence-electron chi connectivity index (χ2n) is 25.8.